The van der Waals surface area contributed by atoms with E-state index in [1.54, 1.807) is 24.0 Å². The average molecular weight is 382 g/mol. The van der Waals surface area contributed by atoms with Gasteiger partial charge in [-0.15, -0.1) is 0 Å². The lowest BCUT2D eigenvalue weighted by atomic mass is 10.2. The van der Waals surface area contributed by atoms with E-state index in [9.17, 15) is 9.18 Å². The molecule has 0 saturated carbocycles. The third kappa shape index (κ3) is 4.11. The monoisotopic (exact) mass is 382 g/mol. The Kier molecular flexibility index (Phi) is 4.92. The molecule has 1 fully saturated rings. The molecule has 0 radical (unpaired) electrons. The number of nitrogens with zero attached hydrogens (tertiary/aromatic N) is 3. The molecule has 28 heavy (non-hydrogen) atoms. The Morgan fingerprint density at radius 2 is 2.11 bits per heavy atom. The lowest BCUT2D eigenvalue weighted by Gasteiger charge is -2.18. The van der Waals surface area contributed by atoms with Crippen molar-refractivity contribution in [2.24, 2.45) is 0 Å². The molecule has 0 bridgehead atoms. The van der Waals surface area contributed by atoms with Gasteiger partial charge in [-0.2, -0.15) is 4.98 Å². The van der Waals surface area contributed by atoms with Gasteiger partial charge in [0.15, 0.2) is 0 Å². The second kappa shape index (κ2) is 7.67. The highest BCUT2D eigenvalue weighted by atomic mass is 19.1. The predicted molar refractivity (Wildman–Crippen MR) is 100 cm³/mol. The van der Waals surface area contributed by atoms with Crippen molar-refractivity contribution < 1.29 is 18.4 Å². The number of halogens is 1. The number of nitrogens with one attached hydrogen (secondary N) is 1. The molecule has 1 aliphatic heterocycles. The molecule has 1 aromatic heterocycles. The molecule has 8 heteroatoms. The second-order valence-corrected chi connectivity index (χ2v) is 6.58. The fraction of sp³-hybridized carbons (Fsp3) is 0.250. The van der Waals surface area contributed by atoms with Crippen LogP contribution in [0, 0.1) is 12.7 Å². The van der Waals surface area contributed by atoms with Crippen LogP contribution in [0.5, 0.6) is 5.75 Å². The van der Waals surface area contributed by atoms with Gasteiger partial charge in [-0.05, 0) is 42.5 Å². The molecule has 2 heterocycles. The summed E-state index contributed by atoms with van der Waals surface area (Å²) in [4.78, 5) is 18.2. The minimum Gasteiger partial charge on any atom is -0.489 e. The number of likely N-dealkylation sites (tertiary alicyclic amines) is 1. The van der Waals surface area contributed by atoms with Crippen LogP contribution >= 0.6 is 0 Å². The predicted octanol–water partition coefficient (Wildman–Crippen LogP) is 3.87. The van der Waals surface area contributed by atoms with Gasteiger partial charge in [-0.3, -0.25) is 0 Å². The van der Waals surface area contributed by atoms with Crippen LogP contribution < -0.4 is 10.1 Å². The molecule has 2 amide bonds. The van der Waals surface area contributed by atoms with Crippen molar-refractivity contribution in [3.8, 4) is 17.1 Å². The van der Waals surface area contributed by atoms with Gasteiger partial charge in [0.1, 0.15) is 17.7 Å². The summed E-state index contributed by atoms with van der Waals surface area (Å²) in [5, 5.41) is 6.59. The van der Waals surface area contributed by atoms with Crippen molar-refractivity contribution >= 4 is 11.7 Å². The molecular weight excluding hydrogens is 363 g/mol. The molecule has 144 valence electrons. The van der Waals surface area contributed by atoms with Crippen LogP contribution in [0.2, 0.25) is 0 Å². The first-order chi connectivity index (χ1) is 13.6. The maximum atomic E-state index is 13.2. The molecule has 3 aromatic rings. The number of rotatable bonds is 4. The number of hydrogen-bond acceptors (Lipinski definition) is 5. The van der Waals surface area contributed by atoms with E-state index in [0.29, 0.717) is 36.2 Å². The van der Waals surface area contributed by atoms with E-state index in [-0.39, 0.29) is 18.0 Å². The Hall–Kier alpha value is -3.42. The number of hydrogen-bond donors (Lipinski definition) is 1. The summed E-state index contributed by atoms with van der Waals surface area (Å²) in [7, 11) is 0. The summed E-state index contributed by atoms with van der Waals surface area (Å²) >= 11 is 0. The summed E-state index contributed by atoms with van der Waals surface area (Å²) in [6, 6.07) is 13.0. The molecular formula is C20H19FN4O3. The van der Waals surface area contributed by atoms with Crippen LogP contribution in [-0.4, -0.2) is 40.3 Å². The van der Waals surface area contributed by atoms with E-state index in [1.165, 1.54) is 12.1 Å². The molecule has 1 unspecified atom stereocenters. The van der Waals surface area contributed by atoms with Crippen LogP contribution in [0.15, 0.2) is 53.1 Å². The zero-order valence-electron chi connectivity index (χ0n) is 15.3. The molecule has 2 aromatic carbocycles. The zero-order chi connectivity index (χ0) is 19.5. The maximum Gasteiger partial charge on any atom is 0.321 e. The number of benzene rings is 2. The van der Waals surface area contributed by atoms with E-state index in [2.05, 4.69) is 15.5 Å². The molecule has 0 aliphatic carbocycles. The van der Waals surface area contributed by atoms with Crippen molar-refractivity contribution in [2.75, 3.05) is 18.4 Å². The van der Waals surface area contributed by atoms with Gasteiger partial charge in [0.25, 0.3) is 0 Å². The number of ether oxygens (including phenoxy) is 1. The first-order valence-electron chi connectivity index (χ1n) is 8.96. The van der Waals surface area contributed by atoms with Crippen LogP contribution in [0.1, 0.15) is 12.3 Å². The number of aromatic nitrogens is 2. The topological polar surface area (TPSA) is 80.5 Å². The lowest BCUT2D eigenvalue weighted by molar-refractivity contribution is 0.195. The van der Waals surface area contributed by atoms with Gasteiger partial charge in [-0.1, -0.05) is 11.2 Å². The largest absolute Gasteiger partial charge is 0.489 e. The lowest BCUT2D eigenvalue weighted by Crippen LogP contribution is -2.34. The number of carbonyl (C=O) groups excluding carboxylic acids is 1. The first-order valence-corrected chi connectivity index (χ1v) is 8.96. The first kappa shape index (κ1) is 18.0. The molecule has 4 rings (SSSR count). The smallest absolute Gasteiger partial charge is 0.321 e. The van der Waals surface area contributed by atoms with Gasteiger partial charge in [-0.25, -0.2) is 9.18 Å². The van der Waals surface area contributed by atoms with Gasteiger partial charge >= 0.3 is 6.03 Å². The number of urea groups is 1. The summed E-state index contributed by atoms with van der Waals surface area (Å²) in [6.45, 7) is 2.78. The van der Waals surface area contributed by atoms with Crippen LogP contribution in [0.4, 0.5) is 14.9 Å². The molecule has 7 nitrogen and oxygen atoms in total. The zero-order valence-corrected chi connectivity index (χ0v) is 15.3. The summed E-state index contributed by atoms with van der Waals surface area (Å²) in [5.74, 6) is 1.37. The van der Waals surface area contributed by atoms with Crippen LogP contribution in [0.25, 0.3) is 11.4 Å². The SMILES string of the molecule is Cc1nc(-c2ccc(OC3CCN(C(=O)Nc4cccc(F)c4)C3)cc2)no1. The van der Waals surface area contributed by atoms with Crippen LogP contribution in [0.3, 0.4) is 0 Å². The van der Waals surface area contributed by atoms with Crippen molar-refractivity contribution in [1.82, 2.24) is 15.0 Å². The van der Waals surface area contributed by atoms with Crippen molar-refractivity contribution in [2.45, 2.75) is 19.4 Å². The third-order valence-corrected chi connectivity index (χ3v) is 4.45. The van der Waals surface area contributed by atoms with E-state index < -0.39 is 0 Å². The Labute approximate surface area is 161 Å². The highest BCUT2D eigenvalue weighted by molar-refractivity contribution is 5.89. The Balaban J connectivity index is 1.32. The summed E-state index contributed by atoms with van der Waals surface area (Å²) < 4.78 is 24.2. The Morgan fingerprint density at radius 1 is 1.29 bits per heavy atom. The summed E-state index contributed by atoms with van der Waals surface area (Å²) in [5.41, 5.74) is 1.27. The Bertz CT molecular complexity index is 974. The molecule has 1 atom stereocenters. The van der Waals surface area contributed by atoms with E-state index in [1.807, 2.05) is 24.3 Å². The summed E-state index contributed by atoms with van der Waals surface area (Å²) in [6.07, 6.45) is 0.624. The van der Waals surface area contributed by atoms with E-state index >= 15 is 0 Å². The van der Waals surface area contributed by atoms with Crippen molar-refractivity contribution in [3.63, 3.8) is 0 Å². The van der Waals surface area contributed by atoms with Gasteiger partial charge in [0, 0.05) is 31.1 Å². The van der Waals surface area contributed by atoms with Gasteiger partial charge < -0.3 is 19.5 Å². The maximum absolute atomic E-state index is 13.2. The number of amides is 2. The molecule has 1 N–H and O–H groups in total. The average Bonchev–Trinajstić information content (AvgIpc) is 3.32. The molecule has 1 aliphatic rings. The van der Waals surface area contributed by atoms with Gasteiger partial charge in [0.05, 0.1) is 6.54 Å². The normalized spacial score (nSPS) is 16.2. The molecule has 0 spiro atoms. The number of aryl methyl sites for hydroxylation is 1. The standard InChI is InChI=1S/C20H19FN4O3/c1-13-22-19(24-28-13)14-5-7-17(8-6-14)27-18-9-10-25(12-18)20(26)23-16-4-2-3-15(21)11-16/h2-8,11,18H,9-10,12H2,1H3,(H,23,26). The van der Waals surface area contributed by atoms with E-state index in [4.69, 9.17) is 9.26 Å². The number of carbonyl (C=O) groups is 1. The highest BCUT2D eigenvalue weighted by Crippen LogP contribution is 2.23. The fourth-order valence-corrected chi connectivity index (χ4v) is 3.07. The second-order valence-electron chi connectivity index (χ2n) is 6.58. The minimum atomic E-state index is -0.389. The van der Waals surface area contributed by atoms with E-state index in [0.717, 1.165) is 12.0 Å². The highest BCUT2D eigenvalue weighted by Gasteiger charge is 2.27. The number of anilines is 1. The minimum absolute atomic E-state index is 0.100. The van der Waals surface area contributed by atoms with Gasteiger partial charge in [0.2, 0.25) is 11.7 Å². The van der Waals surface area contributed by atoms with Crippen LogP contribution in [-0.2, 0) is 0 Å². The quantitative estimate of drug-likeness (QED) is 0.741. The van der Waals surface area contributed by atoms with Crippen molar-refractivity contribution in [3.05, 3.63) is 60.2 Å². The molecule has 1 saturated heterocycles. The fourth-order valence-electron chi connectivity index (χ4n) is 3.07. The third-order valence-electron chi connectivity index (χ3n) is 4.45. The van der Waals surface area contributed by atoms with Crippen molar-refractivity contribution in [1.29, 1.82) is 0 Å². The Morgan fingerprint density at radius 3 is 2.82 bits per heavy atom.